The molecule has 11 nitrogen and oxygen atoms in total. The molecule has 2 saturated heterocycles. The Kier molecular flexibility index (Phi) is 6.68. The van der Waals surface area contributed by atoms with Gasteiger partial charge < -0.3 is 35.4 Å². The van der Waals surface area contributed by atoms with Gasteiger partial charge in [0.25, 0.3) is 17.7 Å². The second kappa shape index (κ2) is 10.1. The molecule has 11 heteroatoms. The molecular formula is C25H27N5O6. The zero-order valence-electron chi connectivity index (χ0n) is 19.6. The lowest BCUT2D eigenvalue weighted by Crippen LogP contribution is -2.55. The largest absolute Gasteiger partial charge is 0.383 e. The summed E-state index contributed by atoms with van der Waals surface area (Å²) in [6, 6.07) is 11.9. The van der Waals surface area contributed by atoms with E-state index in [1.54, 1.807) is 47.4 Å². The van der Waals surface area contributed by atoms with Crippen molar-refractivity contribution in [3.8, 4) is 0 Å². The molecule has 5 rings (SSSR count). The van der Waals surface area contributed by atoms with Gasteiger partial charge in [0.15, 0.2) is 12.2 Å². The number of morpholine rings is 2. The van der Waals surface area contributed by atoms with Gasteiger partial charge in [0.1, 0.15) is 5.84 Å². The first-order chi connectivity index (χ1) is 17.4. The number of aliphatic imine (C=N–C) groups is 1. The van der Waals surface area contributed by atoms with Crippen molar-refractivity contribution in [3.05, 3.63) is 59.2 Å². The standard InChI is InChI=1S/C25H27N5O6/c26-22-19-5-4-17(12-16(19)14-27-22)28-23(32)20(31)21-25(34)30(8-11-36-21)18-3-1-2-15(13-18)24(33)29-6-9-35-10-7-29/h1-5,12-13,20-21,31H,6-11,14H2,(H2,26,27)(H,28,32)/t20-,21-/m1/s1. The molecule has 3 aliphatic rings. The van der Waals surface area contributed by atoms with Crippen molar-refractivity contribution in [2.45, 2.75) is 18.8 Å². The van der Waals surface area contributed by atoms with Crippen LogP contribution in [0, 0.1) is 0 Å². The van der Waals surface area contributed by atoms with E-state index in [0.29, 0.717) is 55.6 Å². The van der Waals surface area contributed by atoms with Crippen molar-refractivity contribution in [2.24, 2.45) is 10.7 Å². The third-order valence-electron chi connectivity index (χ3n) is 6.45. The number of aliphatic hydroxyl groups excluding tert-OH is 1. The van der Waals surface area contributed by atoms with E-state index in [9.17, 15) is 19.5 Å². The van der Waals surface area contributed by atoms with Crippen LogP contribution in [0.2, 0.25) is 0 Å². The van der Waals surface area contributed by atoms with Gasteiger partial charge in [0.05, 0.1) is 26.4 Å². The predicted molar refractivity (Wildman–Crippen MR) is 131 cm³/mol. The topological polar surface area (TPSA) is 147 Å². The molecule has 0 radical (unpaired) electrons. The average Bonchev–Trinajstić information content (AvgIpc) is 3.28. The summed E-state index contributed by atoms with van der Waals surface area (Å²) >= 11 is 0. The number of rotatable bonds is 5. The van der Waals surface area contributed by atoms with E-state index in [-0.39, 0.29) is 19.1 Å². The van der Waals surface area contributed by atoms with Crippen molar-refractivity contribution in [2.75, 3.05) is 49.7 Å². The molecule has 3 amide bonds. The smallest absolute Gasteiger partial charge is 0.259 e. The Balaban J connectivity index is 1.27. The fourth-order valence-electron chi connectivity index (χ4n) is 4.51. The molecule has 0 bridgehead atoms. The summed E-state index contributed by atoms with van der Waals surface area (Å²) < 4.78 is 10.8. The van der Waals surface area contributed by atoms with Gasteiger partial charge in [0, 0.05) is 42.1 Å². The number of carbonyl (C=O) groups excluding carboxylic acids is 3. The van der Waals surface area contributed by atoms with Gasteiger partial charge in [0.2, 0.25) is 0 Å². The maximum absolute atomic E-state index is 13.2. The van der Waals surface area contributed by atoms with Crippen LogP contribution in [0.1, 0.15) is 21.5 Å². The molecule has 3 heterocycles. The molecule has 2 aromatic rings. The molecule has 2 atom stereocenters. The van der Waals surface area contributed by atoms with Crippen LogP contribution in [0.3, 0.4) is 0 Å². The summed E-state index contributed by atoms with van der Waals surface area (Å²) in [6.45, 7) is 2.76. The van der Waals surface area contributed by atoms with Crippen LogP contribution in [0.5, 0.6) is 0 Å². The van der Waals surface area contributed by atoms with E-state index in [4.69, 9.17) is 15.2 Å². The van der Waals surface area contributed by atoms with E-state index in [1.807, 2.05) is 0 Å². The fourth-order valence-corrected chi connectivity index (χ4v) is 4.51. The zero-order chi connectivity index (χ0) is 25.2. The number of ether oxygens (including phenoxy) is 2. The van der Waals surface area contributed by atoms with Gasteiger partial charge in [-0.3, -0.25) is 19.4 Å². The van der Waals surface area contributed by atoms with E-state index in [2.05, 4.69) is 10.3 Å². The number of carbonyl (C=O) groups is 3. The number of hydrogen-bond donors (Lipinski definition) is 3. The second-order valence-corrected chi connectivity index (χ2v) is 8.74. The molecule has 4 N–H and O–H groups in total. The summed E-state index contributed by atoms with van der Waals surface area (Å²) in [6.07, 6.45) is -3.11. The minimum absolute atomic E-state index is 0.123. The number of anilines is 2. The van der Waals surface area contributed by atoms with Crippen molar-refractivity contribution >= 4 is 34.9 Å². The Labute approximate surface area is 207 Å². The monoisotopic (exact) mass is 493 g/mol. The summed E-state index contributed by atoms with van der Waals surface area (Å²) in [5.41, 5.74) is 8.90. The number of nitrogens with two attached hydrogens (primary N) is 1. The molecule has 0 unspecified atom stereocenters. The Morgan fingerprint density at radius 2 is 1.92 bits per heavy atom. The molecule has 3 aliphatic heterocycles. The fraction of sp³-hybridized carbons (Fsp3) is 0.360. The van der Waals surface area contributed by atoms with Crippen molar-refractivity contribution in [3.63, 3.8) is 0 Å². The normalized spacial score (nSPS) is 20.5. The van der Waals surface area contributed by atoms with Gasteiger partial charge in [-0.05, 0) is 42.0 Å². The number of nitrogens with one attached hydrogen (secondary N) is 1. The van der Waals surface area contributed by atoms with Crippen LogP contribution in [-0.4, -0.2) is 85.2 Å². The van der Waals surface area contributed by atoms with Crippen LogP contribution in [-0.2, 0) is 25.6 Å². The maximum Gasteiger partial charge on any atom is 0.259 e. The van der Waals surface area contributed by atoms with Crippen molar-refractivity contribution in [1.29, 1.82) is 0 Å². The summed E-state index contributed by atoms with van der Waals surface area (Å²) in [5.74, 6) is -1.02. The van der Waals surface area contributed by atoms with E-state index >= 15 is 0 Å². The lowest BCUT2D eigenvalue weighted by molar-refractivity contribution is -0.150. The predicted octanol–water partition coefficient (Wildman–Crippen LogP) is 0.109. The molecule has 0 aromatic heterocycles. The Morgan fingerprint density at radius 1 is 1.11 bits per heavy atom. The minimum Gasteiger partial charge on any atom is -0.383 e. The first-order valence-electron chi connectivity index (χ1n) is 11.7. The highest BCUT2D eigenvalue weighted by atomic mass is 16.5. The number of nitrogens with zero attached hydrogens (tertiary/aromatic N) is 3. The molecule has 36 heavy (non-hydrogen) atoms. The van der Waals surface area contributed by atoms with Crippen LogP contribution in [0.15, 0.2) is 47.5 Å². The number of hydrogen-bond acceptors (Lipinski definition) is 8. The third kappa shape index (κ3) is 4.68. The number of amidine groups is 1. The number of benzene rings is 2. The number of aliphatic hydroxyl groups is 1. The first-order valence-corrected chi connectivity index (χ1v) is 11.7. The quantitative estimate of drug-likeness (QED) is 0.536. The van der Waals surface area contributed by atoms with E-state index in [0.717, 1.165) is 11.1 Å². The van der Waals surface area contributed by atoms with Gasteiger partial charge in [-0.15, -0.1) is 0 Å². The van der Waals surface area contributed by atoms with Crippen LogP contribution < -0.4 is 16.0 Å². The van der Waals surface area contributed by atoms with E-state index in [1.165, 1.54) is 4.90 Å². The van der Waals surface area contributed by atoms with Crippen LogP contribution in [0.4, 0.5) is 11.4 Å². The van der Waals surface area contributed by atoms with Gasteiger partial charge in [-0.2, -0.15) is 0 Å². The molecule has 0 spiro atoms. The van der Waals surface area contributed by atoms with Gasteiger partial charge in [-0.25, -0.2) is 0 Å². The van der Waals surface area contributed by atoms with Crippen LogP contribution in [0.25, 0.3) is 0 Å². The lowest BCUT2D eigenvalue weighted by atomic mass is 10.1. The maximum atomic E-state index is 13.2. The molecular weight excluding hydrogens is 466 g/mol. The van der Waals surface area contributed by atoms with Gasteiger partial charge in [-0.1, -0.05) is 6.07 Å². The summed E-state index contributed by atoms with van der Waals surface area (Å²) in [7, 11) is 0. The van der Waals surface area contributed by atoms with Crippen molar-refractivity contribution in [1.82, 2.24) is 4.90 Å². The average molecular weight is 494 g/mol. The first kappa shape index (κ1) is 23.9. The molecule has 0 aliphatic carbocycles. The van der Waals surface area contributed by atoms with Crippen LogP contribution >= 0.6 is 0 Å². The molecule has 2 fully saturated rings. The number of amides is 3. The van der Waals surface area contributed by atoms with E-state index < -0.39 is 24.0 Å². The molecule has 0 saturated carbocycles. The second-order valence-electron chi connectivity index (χ2n) is 8.74. The Morgan fingerprint density at radius 3 is 2.72 bits per heavy atom. The zero-order valence-corrected chi connectivity index (χ0v) is 19.6. The Hall–Kier alpha value is -3.80. The Bertz CT molecular complexity index is 1230. The summed E-state index contributed by atoms with van der Waals surface area (Å²) in [4.78, 5) is 46.1. The summed E-state index contributed by atoms with van der Waals surface area (Å²) in [5, 5.41) is 13.3. The highest BCUT2D eigenvalue weighted by molar-refractivity contribution is 6.05. The molecule has 2 aromatic carbocycles. The van der Waals surface area contributed by atoms with Gasteiger partial charge >= 0.3 is 0 Å². The minimum atomic E-state index is -1.73. The van der Waals surface area contributed by atoms with Crippen molar-refractivity contribution < 1.29 is 29.0 Å². The number of fused-ring (bicyclic) bond motifs is 1. The SMILES string of the molecule is NC1=NCc2cc(NC(=O)[C@H](O)[C@H]3OCCN(c4cccc(C(=O)N5CCOCC5)c4)C3=O)ccc21. The highest BCUT2D eigenvalue weighted by Gasteiger charge is 2.39. The lowest BCUT2D eigenvalue weighted by Gasteiger charge is -2.34. The third-order valence-corrected chi connectivity index (χ3v) is 6.45. The highest BCUT2D eigenvalue weighted by Crippen LogP contribution is 2.24. The molecule has 188 valence electrons.